The molecule has 0 atom stereocenters. The zero-order valence-corrected chi connectivity index (χ0v) is 24.9. The maximum absolute atomic E-state index is 5.02. The lowest BCUT2D eigenvalue weighted by atomic mass is 9.81. The van der Waals surface area contributed by atoms with Crippen LogP contribution >= 0.6 is 0 Å². The molecular weight excluding hydrogens is 532 g/mol. The number of hydrogen-bond donors (Lipinski definition) is 0. The van der Waals surface area contributed by atoms with E-state index in [0.29, 0.717) is 0 Å². The van der Waals surface area contributed by atoms with Crippen molar-refractivity contribution in [2.45, 2.75) is 19.3 Å². The predicted molar refractivity (Wildman–Crippen MR) is 185 cm³/mol. The lowest BCUT2D eigenvalue weighted by Crippen LogP contribution is -2.15. The smallest absolute Gasteiger partial charge is 0.0703 e. The highest BCUT2D eigenvalue weighted by atomic mass is 15.1. The van der Waals surface area contributed by atoms with Crippen molar-refractivity contribution in [3.8, 4) is 33.5 Å². The molecule has 44 heavy (non-hydrogen) atoms. The number of anilines is 3. The third-order valence-corrected chi connectivity index (χ3v) is 9.11. The molecule has 1 aliphatic rings. The molecule has 0 N–H and O–H groups in total. The molecule has 2 heteroatoms. The third kappa shape index (κ3) is 4.30. The minimum Gasteiger partial charge on any atom is -0.309 e. The highest BCUT2D eigenvalue weighted by Crippen LogP contribution is 2.52. The molecule has 0 fully saturated rings. The van der Waals surface area contributed by atoms with Crippen LogP contribution in [0.25, 0.3) is 44.3 Å². The largest absolute Gasteiger partial charge is 0.309 e. The van der Waals surface area contributed by atoms with Gasteiger partial charge in [0.15, 0.2) is 0 Å². The summed E-state index contributed by atoms with van der Waals surface area (Å²) in [6.45, 7) is 4.68. The molecular formula is C42H32N2. The Hall–Kier alpha value is -5.47. The molecule has 1 aliphatic carbocycles. The number of para-hydroxylation sites is 1. The number of nitrogens with zero attached hydrogens (tertiary/aromatic N) is 2. The predicted octanol–water partition coefficient (Wildman–Crippen LogP) is 11.3. The van der Waals surface area contributed by atoms with Gasteiger partial charge in [0.05, 0.1) is 17.6 Å². The molecule has 0 unspecified atom stereocenters. The molecule has 210 valence electrons. The van der Waals surface area contributed by atoms with Crippen LogP contribution in [0, 0.1) is 0 Å². The lowest BCUT2D eigenvalue weighted by molar-refractivity contribution is 0.661. The van der Waals surface area contributed by atoms with Crippen LogP contribution in [0.1, 0.15) is 25.0 Å². The molecule has 0 aliphatic heterocycles. The van der Waals surface area contributed by atoms with E-state index < -0.39 is 0 Å². The van der Waals surface area contributed by atoms with Crippen molar-refractivity contribution in [3.05, 3.63) is 169 Å². The minimum absolute atomic E-state index is 0.0827. The minimum atomic E-state index is -0.0827. The van der Waals surface area contributed by atoms with Crippen LogP contribution in [0.2, 0.25) is 0 Å². The zero-order valence-electron chi connectivity index (χ0n) is 24.9. The van der Waals surface area contributed by atoms with Gasteiger partial charge in [0.25, 0.3) is 0 Å². The van der Waals surface area contributed by atoms with Crippen LogP contribution in [-0.2, 0) is 5.41 Å². The molecule has 0 radical (unpaired) electrons. The monoisotopic (exact) mass is 564 g/mol. The van der Waals surface area contributed by atoms with Gasteiger partial charge in [-0.15, -0.1) is 0 Å². The number of benzene rings is 6. The molecule has 0 spiro atoms. The van der Waals surface area contributed by atoms with Gasteiger partial charge in [-0.2, -0.15) is 0 Å². The first-order chi connectivity index (χ1) is 21.6. The second-order valence-electron chi connectivity index (χ2n) is 12.1. The van der Waals surface area contributed by atoms with Crippen molar-refractivity contribution < 1.29 is 0 Å². The van der Waals surface area contributed by atoms with E-state index in [1.165, 1.54) is 44.2 Å². The quantitative estimate of drug-likeness (QED) is 0.207. The van der Waals surface area contributed by atoms with E-state index in [4.69, 9.17) is 4.98 Å². The second-order valence-corrected chi connectivity index (χ2v) is 12.1. The molecule has 7 aromatic rings. The van der Waals surface area contributed by atoms with Crippen molar-refractivity contribution >= 4 is 27.8 Å². The first-order valence-electron chi connectivity index (χ1n) is 15.2. The average molecular weight is 565 g/mol. The highest BCUT2D eigenvalue weighted by Gasteiger charge is 2.36. The SMILES string of the molecule is CC1(C)c2cc(-c3ccc(N(c4ccccc4)c4ccc(-c5ccccc5)cc4)cn3)ccc2-c2c1ccc1ccccc21. The van der Waals surface area contributed by atoms with E-state index in [9.17, 15) is 0 Å². The molecule has 2 nitrogen and oxygen atoms in total. The Morgan fingerprint density at radius 3 is 1.89 bits per heavy atom. The topological polar surface area (TPSA) is 16.1 Å². The zero-order chi connectivity index (χ0) is 29.7. The van der Waals surface area contributed by atoms with Gasteiger partial charge in [0, 0.05) is 22.4 Å². The average Bonchev–Trinajstić information content (AvgIpc) is 3.32. The first-order valence-corrected chi connectivity index (χ1v) is 15.2. The Kier molecular flexibility index (Phi) is 6.16. The van der Waals surface area contributed by atoms with Crippen molar-refractivity contribution in [2.24, 2.45) is 0 Å². The number of aromatic nitrogens is 1. The number of rotatable bonds is 5. The van der Waals surface area contributed by atoms with Crippen molar-refractivity contribution in [1.82, 2.24) is 4.98 Å². The van der Waals surface area contributed by atoms with E-state index in [1.54, 1.807) is 0 Å². The standard InChI is InChI=1S/C42H32N2/c1-42(2)38-25-20-31-13-9-10-16-36(31)41(38)37-24-19-32(27-39(37)42)40-26-23-35(28-43-40)44(33-14-7-4-8-15-33)34-21-17-30(18-22-34)29-11-5-3-6-12-29/h3-28H,1-2H3. The van der Waals surface area contributed by atoms with E-state index in [1.807, 2.05) is 6.20 Å². The van der Waals surface area contributed by atoms with Crippen molar-refractivity contribution in [2.75, 3.05) is 4.90 Å². The summed E-state index contributed by atoms with van der Waals surface area (Å²) in [6, 6.07) is 54.3. The van der Waals surface area contributed by atoms with Crippen LogP contribution in [0.4, 0.5) is 17.1 Å². The fourth-order valence-corrected chi connectivity index (χ4v) is 6.81. The Bertz CT molecular complexity index is 2110. The van der Waals surface area contributed by atoms with Gasteiger partial charge >= 0.3 is 0 Å². The van der Waals surface area contributed by atoms with Crippen LogP contribution < -0.4 is 4.90 Å². The van der Waals surface area contributed by atoms with Crippen molar-refractivity contribution in [3.63, 3.8) is 0 Å². The molecule has 0 amide bonds. The van der Waals surface area contributed by atoms with Crippen LogP contribution in [0.5, 0.6) is 0 Å². The van der Waals surface area contributed by atoms with Gasteiger partial charge in [-0.1, -0.05) is 123 Å². The van der Waals surface area contributed by atoms with Gasteiger partial charge in [-0.3, -0.25) is 4.98 Å². The Morgan fingerprint density at radius 1 is 0.500 bits per heavy atom. The molecule has 1 heterocycles. The van der Waals surface area contributed by atoms with Gasteiger partial charge in [0.2, 0.25) is 0 Å². The number of fused-ring (bicyclic) bond motifs is 5. The lowest BCUT2D eigenvalue weighted by Gasteiger charge is -2.25. The maximum Gasteiger partial charge on any atom is 0.0703 e. The number of pyridine rings is 1. The number of hydrogen-bond acceptors (Lipinski definition) is 2. The molecule has 0 saturated heterocycles. The molecule has 1 aromatic heterocycles. The summed E-state index contributed by atoms with van der Waals surface area (Å²) in [5.74, 6) is 0. The summed E-state index contributed by atoms with van der Waals surface area (Å²) in [5.41, 5.74) is 13.1. The van der Waals surface area contributed by atoms with Gasteiger partial charge in [0.1, 0.15) is 0 Å². The summed E-state index contributed by atoms with van der Waals surface area (Å²) >= 11 is 0. The normalized spacial score (nSPS) is 13.0. The molecule has 0 bridgehead atoms. The molecule has 0 saturated carbocycles. The maximum atomic E-state index is 5.02. The van der Waals surface area contributed by atoms with Gasteiger partial charge < -0.3 is 4.90 Å². The van der Waals surface area contributed by atoms with Crippen LogP contribution in [0.15, 0.2) is 158 Å². The molecule has 8 rings (SSSR count). The van der Waals surface area contributed by atoms with E-state index >= 15 is 0 Å². The van der Waals surface area contributed by atoms with E-state index in [2.05, 4.69) is 170 Å². The van der Waals surface area contributed by atoms with Gasteiger partial charge in [-0.25, -0.2) is 0 Å². The second kappa shape index (κ2) is 10.4. The third-order valence-electron chi connectivity index (χ3n) is 9.11. The van der Waals surface area contributed by atoms with Crippen molar-refractivity contribution in [1.29, 1.82) is 0 Å². The summed E-state index contributed by atoms with van der Waals surface area (Å²) in [7, 11) is 0. The summed E-state index contributed by atoms with van der Waals surface area (Å²) in [6.07, 6.45) is 1.99. The van der Waals surface area contributed by atoms with E-state index in [-0.39, 0.29) is 5.41 Å². The van der Waals surface area contributed by atoms with Gasteiger partial charge in [-0.05, 0) is 86.6 Å². The fraction of sp³-hybridized carbons (Fsp3) is 0.0714. The highest BCUT2D eigenvalue weighted by molar-refractivity contribution is 6.02. The summed E-state index contributed by atoms with van der Waals surface area (Å²) in [4.78, 5) is 7.28. The first kappa shape index (κ1) is 26.2. The Balaban J connectivity index is 1.16. The van der Waals surface area contributed by atoms with E-state index in [0.717, 1.165) is 28.3 Å². The van der Waals surface area contributed by atoms with Crippen LogP contribution in [-0.4, -0.2) is 4.98 Å². The summed E-state index contributed by atoms with van der Waals surface area (Å²) < 4.78 is 0. The fourth-order valence-electron chi connectivity index (χ4n) is 6.81. The summed E-state index contributed by atoms with van der Waals surface area (Å²) in [5, 5.41) is 2.61. The van der Waals surface area contributed by atoms with Crippen LogP contribution in [0.3, 0.4) is 0 Å². The Morgan fingerprint density at radius 2 is 1.14 bits per heavy atom. The Labute approximate surface area is 258 Å². The molecule has 6 aromatic carbocycles.